The van der Waals surface area contributed by atoms with Gasteiger partial charge in [-0.25, -0.2) is 13.6 Å². The van der Waals surface area contributed by atoms with E-state index in [0.717, 1.165) is 9.80 Å². The first kappa shape index (κ1) is 17.3. The third-order valence-corrected chi connectivity index (χ3v) is 3.07. The van der Waals surface area contributed by atoms with Gasteiger partial charge in [-0.1, -0.05) is 0 Å². The zero-order valence-electron chi connectivity index (χ0n) is 11.9. The lowest BCUT2D eigenvalue weighted by Gasteiger charge is -2.22. The Morgan fingerprint density at radius 1 is 1.43 bits per heavy atom. The Hall–Kier alpha value is -1.77. The predicted octanol–water partition coefficient (Wildman–Crippen LogP) is -0.207. The van der Waals surface area contributed by atoms with E-state index in [1.54, 1.807) is 0 Å². The van der Waals surface area contributed by atoms with E-state index < -0.39 is 43.0 Å². The molecule has 1 heterocycles. The third kappa shape index (κ3) is 4.35. The van der Waals surface area contributed by atoms with Gasteiger partial charge in [-0.2, -0.15) is 0 Å². The molecule has 0 atom stereocenters. The summed E-state index contributed by atoms with van der Waals surface area (Å²) < 4.78 is 24.7. The Kier molecular flexibility index (Phi) is 5.59. The van der Waals surface area contributed by atoms with Gasteiger partial charge in [-0.15, -0.1) is 0 Å². The predicted molar refractivity (Wildman–Crippen MR) is 68.6 cm³/mol. The maximum Gasteiger partial charge on any atom is 0.325 e. The summed E-state index contributed by atoms with van der Waals surface area (Å²) in [7, 11) is 0. The molecule has 0 aliphatic carbocycles. The van der Waals surface area contributed by atoms with Crippen LogP contribution < -0.4 is 5.32 Å². The van der Waals surface area contributed by atoms with Gasteiger partial charge in [0.1, 0.15) is 5.54 Å². The van der Waals surface area contributed by atoms with Crippen molar-refractivity contribution in [3.05, 3.63) is 0 Å². The summed E-state index contributed by atoms with van der Waals surface area (Å²) >= 11 is 0. The number of alkyl halides is 2. The van der Waals surface area contributed by atoms with Gasteiger partial charge in [0.2, 0.25) is 5.91 Å². The topological polar surface area (TPSA) is 90.0 Å². The van der Waals surface area contributed by atoms with Crippen molar-refractivity contribution in [2.75, 3.05) is 26.2 Å². The minimum absolute atomic E-state index is 0.182. The second-order valence-corrected chi connectivity index (χ2v) is 5.22. The minimum Gasteiger partial charge on any atom is -0.395 e. The number of urea groups is 1. The summed E-state index contributed by atoms with van der Waals surface area (Å²) in [6.07, 6.45) is -2.97. The normalized spacial score (nSPS) is 17.3. The van der Waals surface area contributed by atoms with Crippen LogP contribution in [0, 0.1) is 0 Å². The second-order valence-electron chi connectivity index (χ2n) is 5.22. The SMILES string of the molecule is CC1(C)NC(=O)N(CCC(=O)N(CCO)CC(F)F)C1=O. The molecular weight excluding hydrogens is 288 g/mol. The Labute approximate surface area is 120 Å². The van der Waals surface area contributed by atoms with Crippen LogP contribution in [0.2, 0.25) is 0 Å². The van der Waals surface area contributed by atoms with E-state index >= 15 is 0 Å². The maximum absolute atomic E-state index is 12.3. The number of nitrogens with zero attached hydrogens (tertiary/aromatic N) is 2. The van der Waals surface area contributed by atoms with Gasteiger partial charge in [-0.3, -0.25) is 14.5 Å². The van der Waals surface area contributed by atoms with E-state index in [2.05, 4.69) is 5.32 Å². The molecule has 9 heteroatoms. The van der Waals surface area contributed by atoms with Crippen LogP contribution in [0.15, 0.2) is 0 Å². The Morgan fingerprint density at radius 3 is 2.48 bits per heavy atom. The maximum atomic E-state index is 12.3. The Balaban J connectivity index is 2.59. The number of carbonyl (C=O) groups excluding carboxylic acids is 3. The number of hydrogen-bond donors (Lipinski definition) is 2. The Bertz CT molecular complexity index is 429. The molecular formula is C12H19F2N3O4. The Morgan fingerprint density at radius 2 is 2.05 bits per heavy atom. The standard InChI is InChI=1S/C12H19F2N3O4/c1-12(2)10(20)17(11(21)15-12)4-3-9(19)16(5-6-18)7-8(13)14/h8,18H,3-7H2,1-2H3,(H,15,21). The molecule has 0 bridgehead atoms. The van der Waals surface area contributed by atoms with Gasteiger partial charge in [0, 0.05) is 19.5 Å². The fraction of sp³-hybridized carbons (Fsp3) is 0.750. The summed E-state index contributed by atoms with van der Waals surface area (Å²) in [4.78, 5) is 37.0. The first-order valence-corrected chi connectivity index (χ1v) is 6.50. The highest BCUT2D eigenvalue weighted by molar-refractivity contribution is 6.06. The lowest BCUT2D eigenvalue weighted by Crippen LogP contribution is -2.42. The first-order valence-electron chi connectivity index (χ1n) is 6.50. The van der Waals surface area contributed by atoms with Gasteiger partial charge in [0.15, 0.2) is 0 Å². The van der Waals surface area contributed by atoms with Crippen molar-refractivity contribution < 1.29 is 28.3 Å². The first-order chi connectivity index (χ1) is 9.69. The molecule has 0 spiro atoms. The van der Waals surface area contributed by atoms with Crippen molar-refractivity contribution in [3.8, 4) is 0 Å². The van der Waals surface area contributed by atoms with Crippen LogP contribution in [0.3, 0.4) is 0 Å². The van der Waals surface area contributed by atoms with Gasteiger partial charge in [0.25, 0.3) is 12.3 Å². The van der Waals surface area contributed by atoms with Gasteiger partial charge < -0.3 is 15.3 Å². The highest BCUT2D eigenvalue weighted by atomic mass is 19.3. The van der Waals surface area contributed by atoms with Crippen molar-refractivity contribution >= 4 is 17.8 Å². The molecule has 2 N–H and O–H groups in total. The molecule has 1 saturated heterocycles. The van der Waals surface area contributed by atoms with Crippen LogP contribution in [0.4, 0.5) is 13.6 Å². The van der Waals surface area contributed by atoms with Crippen LogP contribution in [0.5, 0.6) is 0 Å². The number of aliphatic hydroxyl groups is 1. The molecule has 0 aromatic rings. The highest BCUT2D eigenvalue weighted by Crippen LogP contribution is 2.17. The van der Waals surface area contributed by atoms with Crippen LogP contribution in [-0.4, -0.2) is 71.0 Å². The van der Waals surface area contributed by atoms with Crippen molar-refractivity contribution in [2.45, 2.75) is 32.2 Å². The number of aliphatic hydroxyl groups excluding tert-OH is 1. The van der Waals surface area contributed by atoms with E-state index in [1.165, 1.54) is 13.8 Å². The van der Waals surface area contributed by atoms with Gasteiger partial charge >= 0.3 is 6.03 Å². The lowest BCUT2D eigenvalue weighted by molar-refractivity contribution is -0.135. The van der Waals surface area contributed by atoms with Gasteiger partial charge in [0.05, 0.1) is 13.2 Å². The number of imide groups is 1. The summed E-state index contributed by atoms with van der Waals surface area (Å²) in [5, 5.41) is 11.2. The number of hydrogen-bond acceptors (Lipinski definition) is 4. The zero-order chi connectivity index (χ0) is 16.2. The number of nitrogens with one attached hydrogen (secondary N) is 1. The average molecular weight is 307 g/mol. The largest absolute Gasteiger partial charge is 0.395 e. The van der Waals surface area contributed by atoms with E-state index in [1.807, 2.05) is 0 Å². The molecule has 21 heavy (non-hydrogen) atoms. The van der Waals surface area contributed by atoms with Crippen molar-refractivity contribution in [1.29, 1.82) is 0 Å². The van der Waals surface area contributed by atoms with E-state index in [4.69, 9.17) is 5.11 Å². The average Bonchev–Trinajstić information content (AvgIpc) is 2.55. The van der Waals surface area contributed by atoms with Crippen molar-refractivity contribution in [3.63, 3.8) is 0 Å². The number of carbonyl (C=O) groups is 3. The quantitative estimate of drug-likeness (QED) is 0.637. The van der Waals surface area contributed by atoms with Gasteiger partial charge in [-0.05, 0) is 13.8 Å². The molecule has 1 aliphatic rings. The number of amides is 4. The summed E-state index contributed by atoms with van der Waals surface area (Å²) in [6.45, 7) is 1.44. The van der Waals surface area contributed by atoms with E-state index in [-0.39, 0.29) is 19.5 Å². The molecule has 1 fully saturated rings. The molecule has 0 radical (unpaired) electrons. The molecule has 0 aromatic heterocycles. The van der Waals surface area contributed by atoms with Crippen LogP contribution in [-0.2, 0) is 9.59 Å². The summed E-state index contributed by atoms with van der Waals surface area (Å²) in [5.41, 5.74) is -1.03. The van der Waals surface area contributed by atoms with Crippen molar-refractivity contribution in [2.24, 2.45) is 0 Å². The molecule has 120 valence electrons. The second kappa shape index (κ2) is 6.79. The fourth-order valence-electron chi connectivity index (χ4n) is 1.99. The van der Waals surface area contributed by atoms with E-state index in [0.29, 0.717) is 0 Å². The molecule has 0 unspecified atom stereocenters. The fourth-order valence-corrected chi connectivity index (χ4v) is 1.99. The summed E-state index contributed by atoms with van der Waals surface area (Å²) in [6, 6.07) is -0.611. The van der Waals surface area contributed by atoms with Crippen LogP contribution >= 0.6 is 0 Å². The highest BCUT2D eigenvalue weighted by Gasteiger charge is 2.44. The summed E-state index contributed by atoms with van der Waals surface area (Å²) in [5.74, 6) is -1.11. The molecule has 0 saturated carbocycles. The number of rotatable bonds is 7. The minimum atomic E-state index is -2.71. The van der Waals surface area contributed by atoms with Crippen LogP contribution in [0.25, 0.3) is 0 Å². The molecule has 1 aliphatic heterocycles. The monoisotopic (exact) mass is 307 g/mol. The molecule has 4 amide bonds. The van der Waals surface area contributed by atoms with Crippen molar-refractivity contribution in [1.82, 2.24) is 15.1 Å². The smallest absolute Gasteiger partial charge is 0.325 e. The third-order valence-electron chi connectivity index (χ3n) is 3.07. The molecule has 0 aromatic carbocycles. The zero-order valence-corrected chi connectivity index (χ0v) is 11.9. The van der Waals surface area contributed by atoms with E-state index in [9.17, 15) is 23.2 Å². The van der Waals surface area contributed by atoms with Crippen LogP contribution in [0.1, 0.15) is 20.3 Å². The molecule has 7 nitrogen and oxygen atoms in total. The number of halogens is 2. The lowest BCUT2D eigenvalue weighted by atomic mass is 10.1. The molecule has 1 rings (SSSR count).